The topological polar surface area (TPSA) is 36.9 Å². The van der Waals surface area contributed by atoms with E-state index in [1.807, 2.05) is 19.2 Å². The van der Waals surface area contributed by atoms with E-state index in [1.165, 1.54) is 18.4 Å². The van der Waals surface area contributed by atoms with Crippen molar-refractivity contribution in [2.75, 3.05) is 39.9 Å². The van der Waals surface area contributed by atoms with E-state index in [9.17, 15) is 0 Å². The van der Waals surface area contributed by atoms with Gasteiger partial charge in [0.25, 0.3) is 0 Å². The highest BCUT2D eigenvalue weighted by Crippen LogP contribution is 2.38. The molecule has 0 aliphatic carbocycles. The molecule has 1 N–H and O–H groups in total. The molecule has 2 saturated heterocycles. The van der Waals surface area contributed by atoms with E-state index >= 15 is 0 Å². The Bertz CT molecular complexity index is 555. The third-order valence-corrected chi connectivity index (χ3v) is 5.43. The van der Waals surface area contributed by atoms with Crippen molar-refractivity contribution in [2.45, 2.75) is 31.1 Å². The highest BCUT2D eigenvalue weighted by molar-refractivity contribution is 14.0. The maximum atomic E-state index is 6.51. The molecule has 2 aliphatic rings. The molecule has 24 heavy (non-hydrogen) atoms. The molecule has 0 aromatic heterocycles. The fourth-order valence-corrected chi connectivity index (χ4v) is 4.04. The first-order chi connectivity index (χ1) is 11.2. The molecule has 0 spiro atoms. The van der Waals surface area contributed by atoms with Gasteiger partial charge in [0.05, 0.1) is 0 Å². The van der Waals surface area contributed by atoms with Crippen LogP contribution in [0, 0.1) is 0 Å². The summed E-state index contributed by atoms with van der Waals surface area (Å²) >= 11 is 6.51. The first kappa shape index (κ1) is 19.8. The Morgan fingerprint density at radius 3 is 2.54 bits per heavy atom. The summed E-state index contributed by atoms with van der Waals surface area (Å²) in [6.07, 6.45) is 4.48. The van der Waals surface area contributed by atoms with Gasteiger partial charge in [-0.05, 0) is 37.3 Å². The number of halogens is 2. The Hall–Kier alpha value is -0.530. The van der Waals surface area contributed by atoms with Gasteiger partial charge in [0.1, 0.15) is 0 Å². The van der Waals surface area contributed by atoms with E-state index in [-0.39, 0.29) is 29.4 Å². The van der Waals surface area contributed by atoms with Crippen LogP contribution in [0.15, 0.2) is 29.3 Å². The van der Waals surface area contributed by atoms with Crippen molar-refractivity contribution in [2.24, 2.45) is 4.99 Å². The van der Waals surface area contributed by atoms with Gasteiger partial charge in [-0.15, -0.1) is 24.0 Å². The Balaban J connectivity index is 0.00000208. The van der Waals surface area contributed by atoms with Gasteiger partial charge in [-0.2, -0.15) is 0 Å². The van der Waals surface area contributed by atoms with E-state index in [0.29, 0.717) is 0 Å². The number of benzene rings is 1. The van der Waals surface area contributed by atoms with E-state index in [2.05, 4.69) is 27.3 Å². The summed E-state index contributed by atoms with van der Waals surface area (Å²) in [5.41, 5.74) is 1.25. The van der Waals surface area contributed by atoms with Gasteiger partial charge < -0.3 is 15.0 Å². The van der Waals surface area contributed by atoms with Crippen LogP contribution < -0.4 is 5.32 Å². The molecule has 3 rings (SSSR count). The van der Waals surface area contributed by atoms with Crippen molar-refractivity contribution >= 4 is 41.5 Å². The summed E-state index contributed by atoms with van der Waals surface area (Å²) in [5, 5.41) is 4.46. The largest absolute Gasteiger partial charge is 0.381 e. The third kappa shape index (κ3) is 4.35. The fraction of sp³-hybridized carbons (Fsp3) is 0.611. The lowest BCUT2D eigenvalue weighted by molar-refractivity contribution is 0.0512. The van der Waals surface area contributed by atoms with Crippen LogP contribution in [-0.2, 0) is 10.2 Å². The number of hydrogen-bond acceptors (Lipinski definition) is 2. The number of aliphatic imine (C=N–C) groups is 1. The lowest BCUT2D eigenvalue weighted by Gasteiger charge is -2.39. The Morgan fingerprint density at radius 1 is 1.25 bits per heavy atom. The van der Waals surface area contributed by atoms with Crippen LogP contribution in [0.3, 0.4) is 0 Å². The molecule has 0 unspecified atom stereocenters. The molecule has 2 heterocycles. The zero-order valence-electron chi connectivity index (χ0n) is 14.3. The van der Waals surface area contributed by atoms with Crippen LogP contribution in [-0.4, -0.2) is 50.8 Å². The average molecular weight is 464 g/mol. The highest BCUT2D eigenvalue weighted by atomic mass is 127. The summed E-state index contributed by atoms with van der Waals surface area (Å²) in [7, 11) is 1.87. The van der Waals surface area contributed by atoms with Gasteiger partial charge in [0.2, 0.25) is 0 Å². The summed E-state index contributed by atoms with van der Waals surface area (Å²) in [5.74, 6) is 1.01. The summed E-state index contributed by atoms with van der Waals surface area (Å²) in [6, 6.07) is 8.22. The number of likely N-dealkylation sites (tertiary alicyclic amines) is 1. The molecule has 0 bridgehead atoms. The van der Waals surface area contributed by atoms with Gasteiger partial charge in [-0.3, -0.25) is 4.99 Å². The lowest BCUT2D eigenvalue weighted by Crippen LogP contribution is -2.48. The number of nitrogens with zero attached hydrogens (tertiary/aromatic N) is 2. The Morgan fingerprint density at radius 2 is 1.92 bits per heavy atom. The van der Waals surface area contributed by atoms with Crippen LogP contribution in [0.5, 0.6) is 0 Å². The van der Waals surface area contributed by atoms with Crippen molar-refractivity contribution in [3.63, 3.8) is 0 Å². The fourth-order valence-electron chi connectivity index (χ4n) is 3.70. The average Bonchev–Trinajstić information content (AvgIpc) is 3.11. The molecule has 4 nitrogen and oxygen atoms in total. The molecule has 2 fully saturated rings. The van der Waals surface area contributed by atoms with E-state index in [0.717, 1.165) is 56.7 Å². The van der Waals surface area contributed by atoms with Gasteiger partial charge in [-0.25, -0.2) is 0 Å². The van der Waals surface area contributed by atoms with Gasteiger partial charge in [0.15, 0.2) is 5.96 Å². The molecular formula is C18H27ClIN3O. The molecule has 2 aliphatic heterocycles. The maximum absolute atomic E-state index is 6.51. The molecule has 0 radical (unpaired) electrons. The van der Waals surface area contributed by atoms with Gasteiger partial charge >= 0.3 is 0 Å². The first-order valence-electron chi connectivity index (χ1n) is 8.53. The molecule has 0 amide bonds. The van der Waals surface area contributed by atoms with Crippen LogP contribution >= 0.6 is 35.6 Å². The zero-order chi connectivity index (χ0) is 16.1. The summed E-state index contributed by atoms with van der Waals surface area (Å²) < 4.78 is 5.61. The number of nitrogens with one attached hydrogen (secondary N) is 1. The smallest absolute Gasteiger partial charge is 0.193 e. The Kier molecular flexibility index (Phi) is 7.62. The number of hydrogen-bond donors (Lipinski definition) is 1. The normalized spacial score (nSPS) is 20.6. The predicted molar refractivity (Wildman–Crippen MR) is 111 cm³/mol. The summed E-state index contributed by atoms with van der Waals surface area (Å²) in [4.78, 5) is 6.82. The van der Waals surface area contributed by atoms with Crippen LogP contribution in [0.4, 0.5) is 0 Å². The molecule has 6 heteroatoms. The lowest BCUT2D eigenvalue weighted by atomic mass is 9.74. The van der Waals surface area contributed by atoms with Crippen LogP contribution in [0.1, 0.15) is 31.2 Å². The second-order valence-electron chi connectivity index (χ2n) is 6.47. The molecule has 1 aromatic carbocycles. The quantitative estimate of drug-likeness (QED) is 0.422. The number of rotatable bonds is 3. The summed E-state index contributed by atoms with van der Waals surface area (Å²) in [6.45, 7) is 4.62. The molecule has 1 aromatic rings. The van der Waals surface area contributed by atoms with Crippen molar-refractivity contribution in [3.05, 3.63) is 34.9 Å². The Labute approximate surface area is 167 Å². The number of ether oxygens (including phenoxy) is 1. The minimum atomic E-state index is 0. The zero-order valence-corrected chi connectivity index (χ0v) is 17.3. The molecular weight excluding hydrogens is 437 g/mol. The second-order valence-corrected chi connectivity index (χ2v) is 6.87. The van der Waals surface area contributed by atoms with E-state index in [4.69, 9.17) is 16.3 Å². The van der Waals surface area contributed by atoms with E-state index in [1.54, 1.807) is 0 Å². The minimum Gasteiger partial charge on any atom is -0.381 e. The standard InChI is InChI=1S/C18H26ClN3O.HI/c1-20-17(22-10-4-5-11-22)21-14-18(8-12-23-13-9-18)15-6-2-3-7-16(15)19;/h2-3,6-7H,4-5,8-14H2,1H3,(H,20,21);1H. The van der Waals surface area contributed by atoms with Crippen molar-refractivity contribution < 1.29 is 4.74 Å². The predicted octanol–water partition coefficient (Wildman–Crippen LogP) is 3.68. The third-order valence-electron chi connectivity index (χ3n) is 5.10. The molecule has 0 saturated carbocycles. The highest BCUT2D eigenvalue weighted by Gasteiger charge is 2.36. The van der Waals surface area contributed by atoms with Crippen molar-refractivity contribution in [3.8, 4) is 0 Å². The molecule has 134 valence electrons. The SMILES string of the molecule is CN=C(NCC1(c2ccccc2Cl)CCOCC1)N1CCCC1.I. The van der Waals surface area contributed by atoms with Crippen molar-refractivity contribution in [1.29, 1.82) is 0 Å². The first-order valence-corrected chi connectivity index (χ1v) is 8.91. The van der Waals surface area contributed by atoms with Crippen LogP contribution in [0.2, 0.25) is 5.02 Å². The minimum absolute atomic E-state index is 0. The van der Waals surface area contributed by atoms with Gasteiger partial charge in [0, 0.05) is 50.3 Å². The van der Waals surface area contributed by atoms with E-state index < -0.39 is 0 Å². The van der Waals surface area contributed by atoms with Gasteiger partial charge in [-0.1, -0.05) is 29.8 Å². The van der Waals surface area contributed by atoms with Crippen molar-refractivity contribution in [1.82, 2.24) is 10.2 Å². The van der Waals surface area contributed by atoms with Crippen LogP contribution in [0.25, 0.3) is 0 Å². The molecule has 0 atom stereocenters. The maximum Gasteiger partial charge on any atom is 0.193 e. The number of guanidine groups is 1. The monoisotopic (exact) mass is 463 g/mol. The second kappa shape index (κ2) is 9.25.